The van der Waals surface area contributed by atoms with E-state index in [0.717, 1.165) is 32.1 Å². The summed E-state index contributed by atoms with van der Waals surface area (Å²) in [7, 11) is 0. The van der Waals surface area contributed by atoms with Crippen molar-refractivity contribution in [2.24, 2.45) is 0 Å². The Morgan fingerprint density at radius 1 is 1.47 bits per heavy atom. The number of oxazole rings is 1. The highest BCUT2D eigenvalue weighted by atomic mass is 16.3. The summed E-state index contributed by atoms with van der Waals surface area (Å²) >= 11 is 0. The predicted molar refractivity (Wildman–Crippen MR) is 61.6 cm³/mol. The van der Waals surface area contributed by atoms with Crippen LogP contribution in [0.15, 0.2) is 10.8 Å². The van der Waals surface area contributed by atoms with Crippen molar-refractivity contribution >= 4 is 5.91 Å². The lowest BCUT2D eigenvalue weighted by atomic mass is 10.1. The molecule has 1 amide bonds. The molecule has 1 aliphatic carbocycles. The molecular formula is C12H18N2O3. The van der Waals surface area contributed by atoms with Crippen LogP contribution in [0.25, 0.3) is 0 Å². The van der Waals surface area contributed by atoms with Gasteiger partial charge < -0.3 is 14.8 Å². The van der Waals surface area contributed by atoms with Gasteiger partial charge in [-0.1, -0.05) is 19.3 Å². The number of aliphatic hydroxyl groups excluding tert-OH is 1. The largest absolute Gasteiger partial charge is 0.438 e. The van der Waals surface area contributed by atoms with Gasteiger partial charge in [0, 0.05) is 0 Å². The van der Waals surface area contributed by atoms with Crippen LogP contribution < -0.4 is 5.32 Å². The number of nitrogens with one attached hydrogen (secondary N) is 1. The predicted octanol–water partition coefficient (Wildman–Crippen LogP) is 1.41. The Labute approximate surface area is 100 Å². The van der Waals surface area contributed by atoms with Crippen molar-refractivity contribution in [3.05, 3.63) is 17.8 Å². The molecule has 0 aliphatic heterocycles. The number of hydrogen-bond acceptors (Lipinski definition) is 4. The van der Waals surface area contributed by atoms with Gasteiger partial charge in [0.15, 0.2) is 6.39 Å². The van der Waals surface area contributed by atoms with E-state index >= 15 is 0 Å². The molecule has 5 heteroatoms. The number of carbonyl (C=O) groups is 1. The zero-order valence-corrected chi connectivity index (χ0v) is 9.98. The Morgan fingerprint density at radius 3 is 2.94 bits per heavy atom. The molecule has 94 valence electrons. The van der Waals surface area contributed by atoms with Gasteiger partial charge >= 0.3 is 0 Å². The van der Waals surface area contributed by atoms with E-state index < -0.39 is 6.10 Å². The summed E-state index contributed by atoms with van der Waals surface area (Å²) in [5.41, 5.74) is 0.575. The van der Waals surface area contributed by atoms with Crippen molar-refractivity contribution in [1.82, 2.24) is 10.3 Å². The third kappa shape index (κ3) is 2.85. The smallest absolute Gasteiger partial charge is 0.289 e. The van der Waals surface area contributed by atoms with Crippen LogP contribution in [0.3, 0.4) is 0 Å². The summed E-state index contributed by atoms with van der Waals surface area (Å²) in [6.07, 6.45) is 5.55. The van der Waals surface area contributed by atoms with Crippen LogP contribution >= 0.6 is 0 Å². The van der Waals surface area contributed by atoms with E-state index in [0.29, 0.717) is 5.69 Å². The SMILES string of the molecule is Cc1ncoc1C(=O)NC1CCCCCC1O. The van der Waals surface area contributed by atoms with Crippen molar-refractivity contribution in [2.45, 2.75) is 51.2 Å². The maximum Gasteiger partial charge on any atom is 0.289 e. The number of amides is 1. The first-order chi connectivity index (χ1) is 8.18. The monoisotopic (exact) mass is 238 g/mol. The average Bonchev–Trinajstić information content (AvgIpc) is 2.63. The van der Waals surface area contributed by atoms with Gasteiger partial charge in [-0.25, -0.2) is 4.98 Å². The summed E-state index contributed by atoms with van der Waals surface area (Å²) in [6, 6.07) is -0.172. The summed E-state index contributed by atoms with van der Waals surface area (Å²) in [4.78, 5) is 15.8. The van der Waals surface area contributed by atoms with Crippen LogP contribution in [0.1, 0.15) is 48.4 Å². The fourth-order valence-electron chi connectivity index (χ4n) is 2.21. The van der Waals surface area contributed by atoms with Gasteiger partial charge in [0.05, 0.1) is 17.8 Å². The van der Waals surface area contributed by atoms with Gasteiger partial charge in [-0.05, 0) is 19.8 Å². The molecule has 2 atom stereocenters. The molecule has 0 radical (unpaired) electrons. The van der Waals surface area contributed by atoms with Crippen LogP contribution in [0.5, 0.6) is 0 Å². The van der Waals surface area contributed by atoms with Crippen molar-refractivity contribution in [3.8, 4) is 0 Å². The third-order valence-electron chi connectivity index (χ3n) is 3.25. The van der Waals surface area contributed by atoms with Gasteiger partial charge in [-0.2, -0.15) is 0 Å². The van der Waals surface area contributed by atoms with Gasteiger partial charge in [0.25, 0.3) is 5.91 Å². The van der Waals surface area contributed by atoms with Gasteiger partial charge in [0.2, 0.25) is 5.76 Å². The van der Waals surface area contributed by atoms with Crippen LogP contribution in [0.2, 0.25) is 0 Å². The molecule has 1 heterocycles. The number of aliphatic hydroxyl groups is 1. The first-order valence-electron chi connectivity index (χ1n) is 6.07. The number of nitrogens with zero attached hydrogens (tertiary/aromatic N) is 1. The third-order valence-corrected chi connectivity index (χ3v) is 3.25. The molecule has 0 bridgehead atoms. The number of hydrogen-bond donors (Lipinski definition) is 2. The Morgan fingerprint density at radius 2 is 2.24 bits per heavy atom. The van der Waals surface area contributed by atoms with Gasteiger partial charge in [0.1, 0.15) is 0 Å². The fraction of sp³-hybridized carbons (Fsp3) is 0.667. The molecule has 2 N–H and O–H groups in total. The number of aromatic nitrogens is 1. The molecule has 1 aromatic heterocycles. The summed E-state index contributed by atoms with van der Waals surface area (Å²) < 4.78 is 5.03. The Kier molecular flexibility index (Phi) is 3.78. The molecule has 1 aromatic rings. The summed E-state index contributed by atoms with van der Waals surface area (Å²) in [6.45, 7) is 1.72. The Balaban J connectivity index is 2.00. The molecule has 1 saturated carbocycles. The highest BCUT2D eigenvalue weighted by Gasteiger charge is 2.25. The highest BCUT2D eigenvalue weighted by molar-refractivity contribution is 5.92. The van der Waals surface area contributed by atoms with Crippen molar-refractivity contribution < 1.29 is 14.3 Å². The fourth-order valence-corrected chi connectivity index (χ4v) is 2.21. The van der Waals surface area contributed by atoms with E-state index in [-0.39, 0.29) is 17.7 Å². The minimum absolute atomic E-state index is 0.172. The summed E-state index contributed by atoms with van der Waals surface area (Å²) in [5.74, 6) is -0.0487. The average molecular weight is 238 g/mol. The quantitative estimate of drug-likeness (QED) is 0.764. The van der Waals surface area contributed by atoms with Gasteiger partial charge in [-0.15, -0.1) is 0 Å². The molecule has 1 fully saturated rings. The first kappa shape index (κ1) is 12.1. The second-order valence-electron chi connectivity index (χ2n) is 4.55. The maximum atomic E-state index is 11.9. The zero-order chi connectivity index (χ0) is 12.3. The summed E-state index contributed by atoms with van der Waals surface area (Å²) in [5, 5.41) is 12.7. The Bertz CT molecular complexity index is 389. The van der Waals surface area contributed by atoms with Gasteiger partial charge in [-0.3, -0.25) is 4.79 Å². The molecule has 0 saturated heterocycles. The zero-order valence-electron chi connectivity index (χ0n) is 9.98. The lowest BCUT2D eigenvalue weighted by molar-refractivity contribution is 0.0793. The minimum atomic E-state index is -0.454. The molecule has 17 heavy (non-hydrogen) atoms. The molecular weight excluding hydrogens is 220 g/mol. The molecule has 0 spiro atoms. The maximum absolute atomic E-state index is 11.9. The number of aryl methyl sites for hydroxylation is 1. The van der Waals surface area contributed by atoms with Crippen LogP contribution in [0, 0.1) is 6.92 Å². The van der Waals surface area contributed by atoms with E-state index in [9.17, 15) is 9.90 Å². The minimum Gasteiger partial charge on any atom is -0.438 e. The number of rotatable bonds is 2. The van der Waals surface area contributed by atoms with E-state index in [1.54, 1.807) is 6.92 Å². The molecule has 1 aliphatic rings. The topological polar surface area (TPSA) is 75.4 Å². The van der Waals surface area contributed by atoms with Crippen molar-refractivity contribution in [2.75, 3.05) is 0 Å². The van der Waals surface area contributed by atoms with E-state index in [1.165, 1.54) is 6.39 Å². The standard InChI is InChI=1S/C12H18N2O3/c1-8-11(17-7-13-8)12(16)14-9-5-3-2-4-6-10(9)15/h7,9-10,15H,2-6H2,1H3,(H,14,16). The molecule has 2 rings (SSSR count). The molecule has 5 nitrogen and oxygen atoms in total. The first-order valence-corrected chi connectivity index (χ1v) is 6.07. The van der Waals surface area contributed by atoms with E-state index in [1.807, 2.05) is 0 Å². The Hall–Kier alpha value is -1.36. The lowest BCUT2D eigenvalue weighted by Gasteiger charge is -2.21. The number of carbonyl (C=O) groups excluding carboxylic acids is 1. The van der Waals surface area contributed by atoms with Crippen LogP contribution in [-0.4, -0.2) is 28.1 Å². The molecule has 2 unspecified atom stereocenters. The van der Waals surface area contributed by atoms with Crippen LogP contribution in [0.4, 0.5) is 0 Å². The normalized spacial score (nSPS) is 25.3. The lowest BCUT2D eigenvalue weighted by Crippen LogP contribution is -2.42. The second-order valence-corrected chi connectivity index (χ2v) is 4.55. The van der Waals surface area contributed by atoms with Crippen LogP contribution in [-0.2, 0) is 0 Å². The van der Waals surface area contributed by atoms with E-state index in [4.69, 9.17) is 4.42 Å². The highest BCUT2D eigenvalue weighted by Crippen LogP contribution is 2.18. The van der Waals surface area contributed by atoms with Crippen molar-refractivity contribution in [1.29, 1.82) is 0 Å². The van der Waals surface area contributed by atoms with Crippen molar-refractivity contribution in [3.63, 3.8) is 0 Å². The second kappa shape index (κ2) is 5.31. The molecule has 0 aromatic carbocycles. The van der Waals surface area contributed by atoms with E-state index in [2.05, 4.69) is 10.3 Å².